The van der Waals surface area contributed by atoms with Crippen LogP contribution in [0.15, 0.2) is 5.11 Å². The summed E-state index contributed by atoms with van der Waals surface area (Å²) in [6, 6.07) is -2.95. The Morgan fingerprint density at radius 1 is 0.571 bits per heavy atom. The molecule has 3 unspecified atom stereocenters. The number of nitrogens with one attached hydrogen (secondary N) is 6. The number of carbonyl (C=O) groups is 7. The van der Waals surface area contributed by atoms with Crippen LogP contribution in [0.1, 0.15) is 79.6 Å². The summed E-state index contributed by atoms with van der Waals surface area (Å²) in [4.78, 5) is 87.8. The first-order valence-electron chi connectivity index (χ1n) is 21.6. The van der Waals surface area contributed by atoms with Crippen LogP contribution >= 0.6 is 0 Å². The van der Waals surface area contributed by atoms with Crippen LogP contribution in [-0.2, 0) is 57.2 Å². The molecule has 0 fully saturated rings. The minimum atomic E-state index is -0.854. The third kappa shape index (κ3) is 34.5. The number of hydrogen-bond acceptors (Lipinski definition) is 14. The summed E-state index contributed by atoms with van der Waals surface area (Å²) in [6.45, 7) is 13.0. The molecule has 0 aliphatic heterocycles. The first-order valence-corrected chi connectivity index (χ1v) is 21.6. The molecule has 23 heteroatoms. The number of nitrogens with two attached hydrogens (primary N) is 1. The molecular weight excluding hydrogens is 828 g/mol. The van der Waals surface area contributed by atoms with Crippen molar-refractivity contribution in [2.24, 2.45) is 22.7 Å². The van der Waals surface area contributed by atoms with E-state index in [0.717, 1.165) is 0 Å². The summed E-state index contributed by atoms with van der Waals surface area (Å²) >= 11 is 0. The van der Waals surface area contributed by atoms with E-state index in [2.05, 4.69) is 41.9 Å². The van der Waals surface area contributed by atoms with Crippen LogP contribution in [0, 0.1) is 11.8 Å². The Balaban J connectivity index is 3.87. The molecule has 0 bridgehead atoms. The standard InChI is InChI=1S/C40H74N10O13/c1-29(2)36(39(56)48-32(37(54)30(3)4)10-8-13-45-40(41)57)49-35(53)12-18-59-22-26-63-27-23-60-19-15-43-34(52)11-17-58-21-25-62-28-24-61-20-16-44-38(55)33(47-31(5)51)9-6-7-14-46-50-42/h29-30,32-33,36H,6-28H2,1-5H3,(H,43,52)(H,44,55)(H,47,51)(H,48,56)(H,49,53)(H3,41,45,57). The van der Waals surface area contributed by atoms with Gasteiger partial charge >= 0.3 is 6.03 Å². The van der Waals surface area contributed by atoms with E-state index in [0.29, 0.717) is 91.4 Å². The molecule has 63 heavy (non-hydrogen) atoms. The highest BCUT2D eigenvalue weighted by molar-refractivity contribution is 5.93. The van der Waals surface area contributed by atoms with Gasteiger partial charge in [-0.1, -0.05) is 39.2 Å². The van der Waals surface area contributed by atoms with Crippen LogP contribution < -0.4 is 37.6 Å². The van der Waals surface area contributed by atoms with Gasteiger partial charge in [-0.2, -0.15) is 0 Å². The van der Waals surface area contributed by atoms with E-state index < -0.39 is 30.1 Å². The number of Topliss-reactive ketones (excluding diaryl/α,β-unsaturated/α-hetero) is 1. The number of azide groups is 1. The maximum Gasteiger partial charge on any atom is 0.312 e. The van der Waals surface area contributed by atoms with Gasteiger partial charge in [0.05, 0.1) is 85.3 Å². The average molecular weight is 903 g/mol. The molecule has 362 valence electrons. The second-order valence-electron chi connectivity index (χ2n) is 14.9. The molecule has 0 aliphatic rings. The predicted molar refractivity (Wildman–Crippen MR) is 231 cm³/mol. The van der Waals surface area contributed by atoms with Crippen molar-refractivity contribution in [3.8, 4) is 0 Å². The van der Waals surface area contributed by atoms with Crippen molar-refractivity contribution in [3.05, 3.63) is 10.4 Å². The monoisotopic (exact) mass is 903 g/mol. The number of unbranched alkanes of at least 4 members (excludes halogenated alkanes) is 1. The molecule has 8 N–H and O–H groups in total. The number of rotatable bonds is 41. The van der Waals surface area contributed by atoms with Crippen LogP contribution in [-0.4, -0.2) is 165 Å². The fraction of sp³-hybridized carbons (Fsp3) is 0.825. The highest BCUT2D eigenvalue weighted by atomic mass is 16.5. The van der Waals surface area contributed by atoms with Gasteiger partial charge in [0, 0.05) is 56.8 Å². The lowest BCUT2D eigenvalue weighted by molar-refractivity contribution is -0.133. The Bertz CT molecular complexity index is 1370. The number of ketones is 1. The number of amides is 7. The molecule has 0 heterocycles. The van der Waals surface area contributed by atoms with Gasteiger partial charge in [-0.05, 0) is 37.1 Å². The highest BCUT2D eigenvalue weighted by Crippen LogP contribution is 2.09. The zero-order valence-electron chi connectivity index (χ0n) is 37.9. The third-order valence-electron chi connectivity index (χ3n) is 8.77. The number of primary amides is 1. The quantitative estimate of drug-likeness (QED) is 0.0189. The number of ether oxygens (including phenoxy) is 6. The molecule has 3 atom stereocenters. The van der Waals surface area contributed by atoms with Gasteiger partial charge in [-0.3, -0.25) is 28.8 Å². The number of nitrogens with zero attached hydrogens (tertiary/aromatic N) is 3. The van der Waals surface area contributed by atoms with Gasteiger partial charge in [0.2, 0.25) is 29.5 Å². The SMILES string of the molecule is CC(=O)NC(CCCCN=[N+]=[N-])C(=O)NCCOCCOCCOCCC(=O)NCCOCCOCCOCCC(=O)NC(C(=O)NC(CCCNC(N)=O)C(=O)C(C)C)C(C)C. The molecule has 0 aromatic carbocycles. The first kappa shape index (κ1) is 58.4. The van der Waals surface area contributed by atoms with Crippen molar-refractivity contribution in [2.75, 3.05) is 105 Å². The van der Waals surface area contributed by atoms with Crippen molar-refractivity contribution >= 4 is 41.4 Å². The normalized spacial score (nSPS) is 12.4. The van der Waals surface area contributed by atoms with E-state index in [-0.39, 0.29) is 100 Å². The number of urea groups is 1. The maximum atomic E-state index is 13.1. The third-order valence-corrected chi connectivity index (χ3v) is 8.77. The van der Waals surface area contributed by atoms with E-state index in [9.17, 15) is 33.6 Å². The second kappa shape index (κ2) is 39.0. The summed E-state index contributed by atoms with van der Waals surface area (Å²) in [5.74, 6) is -2.33. The van der Waals surface area contributed by atoms with Crippen LogP contribution in [0.4, 0.5) is 4.79 Å². The maximum absolute atomic E-state index is 13.1. The van der Waals surface area contributed by atoms with E-state index in [1.54, 1.807) is 27.7 Å². The number of hydrogen-bond donors (Lipinski definition) is 7. The summed E-state index contributed by atoms with van der Waals surface area (Å²) in [5, 5.41) is 19.5. The molecule has 0 aromatic rings. The lowest BCUT2D eigenvalue weighted by atomic mass is 9.96. The zero-order valence-corrected chi connectivity index (χ0v) is 37.9. The molecule has 0 rings (SSSR count). The lowest BCUT2D eigenvalue weighted by Crippen LogP contribution is -2.54. The largest absolute Gasteiger partial charge is 0.379 e. The Hall–Kier alpha value is -4.64. The molecular formula is C40H74N10O13. The van der Waals surface area contributed by atoms with Crippen LogP contribution in [0.2, 0.25) is 0 Å². The number of carbonyl (C=O) groups excluding carboxylic acids is 7. The van der Waals surface area contributed by atoms with Gasteiger partial charge in [0.15, 0.2) is 5.78 Å². The van der Waals surface area contributed by atoms with Gasteiger partial charge in [-0.25, -0.2) is 4.79 Å². The molecule has 0 spiro atoms. The molecule has 7 amide bonds. The minimum absolute atomic E-state index is 0.0264. The molecule has 0 aliphatic carbocycles. The van der Waals surface area contributed by atoms with E-state index in [1.807, 2.05) is 0 Å². The topological polar surface area (TPSA) is 322 Å². The van der Waals surface area contributed by atoms with Crippen LogP contribution in [0.3, 0.4) is 0 Å². The van der Waals surface area contributed by atoms with Gasteiger partial charge in [0.1, 0.15) is 12.1 Å². The smallest absolute Gasteiger partial charge is 0.312 e. The first-order chi connectivity index (χ1) is 30.2. The van der Waals surface area contributed by atoms with E-state index in [4.69, 9.17) is 39.7 Å². The van der Waals surface area contributed by atoms with Crippen LogP contribution in [0.5, 0.6) is 0 Å². The van der Waals surface area contributed by atoms with Gasteiger partial charge in [-0.15, -0.1) is 0 Å². The van der Waals surface area contributed by atoms with Crippen molar-refractivity contribution in [1.82, 2.24) is 31.9 Å². The zero-order chi connectivity index (χ0) is 47.1. The summed E-state index contributed by atoms with van der Waals surface area (Å²) in [5.41, 5.74) is 13.4. The summed E-state index contributed by atoms with van der Waals surface area (Å²) in [7, 11) is 0. The van der Waals surface area contributed by atoms with Gasteiger partial charge < -0.3 is 66.1 Å². The average Bonchev–Trinajstić information content (AvgIpc) is 3.23. The second-order valence-corrected chi connectivity index (χ2v) is 14.9. The molecule has 0 saturated carbocycles. The van der Waals surface area contributed by atoms with Crippen molar-refractivity contribution in [3.63, 3.8) is 0 Å². The Morgan fingerprint density at radius 3 is 1.59 bits per heavy atom. The van der Waals surface area contributed by atoms with Crippen LogP contribution in [0.25, 0.3) is 10.4 Å². The van der Waals surface area contributed by atoms with E-state index >= 15 is 0 Å². The van der Waals surface area contributed by atoms with Crippen molar-refractivity contribution in [1.29, 1.82) is 0 Å². The Morgan fingerprint density at radius 2 is 1.08 bits per heavy atom. The van der Waals surface area contributed by atoms with Crippen molar-refractivity contribution < 1.29 is 62.0 Å². The Kier molecular flexibility index (Phi) is 36.1. The molecule has 0 radical (unpaired) electrons. The molecule has 0 aromatic heterocycles. The van der Waals surface area contributed by atoms with Crippen molar-refractivity contribution in [2.45, 2.75) is 97.7 Å². The predicted octanol–water partition coefficient (Wildman–Crippen LogP) is 0.383. The summed E-state index contributed by atoms with van der Waals surface area (Å²) < 4.78 is 32.7. The fourth-order valence-corrected chi connectivity index (χ4v) is 5.47. The lowest BCUT2D eigenvalue weighted by Gasteiger charge is -2.26. The summed E-state index contributed by atoms with van der Waals surface area (Å²) in [6.07, 6.45) is 2.63. The molecule has 23 nitrogen and oxygen atoms in total. The van der Waals surface area contributed by atoms with E-state index in [1.165, 1.54) is 6.92 Å². The highest BCUT2D eigenvalue weighted by Gasteiger charge is 2.29. The minimum Gasteiger partial charge on any atom is -0.379 e. The van der Waals surface area contributed by atoms with Gasteiger partial charge in [0.25, 0.3) is 0 Å². The fourth-order valence-electron chi connectivity index (χ4n) is 5.47. The Labute approximate surface area is 371 Å². The molecule has 0 saturated heterocycles.